The summed E-state index contributed by atoms with van der Waals surface area (Å²) in [6, 6.07) is 0. The molecule has 1 saturated heterocycles. The number of hydrogen-bond acceptors (Lipinski definition) is 2. The molecule has 1 aliphatic heterocycles. The van der Waals surface area contributed by atoms with Crippen molar-refractivity contribution < 1.29 is 4.74 Å². The highest BCUT2D eigenvalue weighted by Gasteiger charge is 2.23. The van der Waals surface area contributed by atoms with Crippen molar-refractivity contribution in [2.24, 2.45) is 0 Å². The molecule has 72 valence electrons. The van der Waals surface area contributed by atoms with Crippen molar-refractivity contribution in [1.29, 1.82) is 0 Å². The van der Waals surface area contributed by atoms with E-state index >= 15 is 0 Å². The Morgan fingerprint density at radius 3 is 2.17 bits per heavy atom. The van der Waals surface area contributed by atoms with Crippen molar-refractivity contribution in [3.05, 3.63) is 0 Å². The van der Waals surface area contributed by atoms with Gasteiger partial charge in [0.15, 0.2) is 0 Å². The zero-order valence-corrected chi connectivity index (χ0v) is 8.90. The van der Waals surface area contributed by atoms with Gasteiger partial charge in [-0.25, -0.2) is 4.42 Å². The topological polar surface area (TPSA) is 12.5 Å². The van der Waals surface area contributed by atoms with Gasteiger partial charge in [0.05, 0.1) is 11.7 Å². The molecule has 0 radical (unpaired) electrons. The second-order valence-corrected chi connectivity index (χ2v) is 4.82. The monoisotopic (exact) mass is 191 g/mol. The Hall–Kier alpha value is 0.210. The van der Waals surface area contributed by atoms with Gasteiger partial charge in [0.25, 0.3) is 0 Å². The highest BCUT2D eigenvalue weighted by Crippen LogP contribution is 2.20. The van der Waals surface area contributed by atoms with Gasteiger partial charge in [0, 0.05) is 13.1 Å². The van der Waals surface area contributed by atoms with Crippen LogP contribution < -0.4 is 0 Å². The van der Waals surface area contributed by atoms with Gasteiger partial charge in [-0.3, -0.25) is 0 Å². The molecule has 0 aromatic rings. The zero-order chi connectivity index (χ0) is 9.19. The van der Waals surface area contributed by atoms with E-state index in [1.54, 1.807) is 0 Å². The van der Waals surface area contributed by atoms with Crippen molar-refractivity contribution in [3.63, 3.8) is 0 Å². The summed E-state index contributed by atoms with van der Waals surface area (Å²) in [5.41, 5.74) is -0.0147. The third kappa shape index (κ3) is 3.74. The molecule has 0 spiro atoms. The van der Waals surface area contributed by atoms with Gasteiger partial charge in [-0.15, -0.1) is 0 Å². The maximum atomic E-state index is 5.84. The third-order valence-electron chi connectivity index (χ3n) is 1.91. The van der Waals surface area contributed by atoms with Crippen LogP contribution in [0.25, 0.3) is 0 Å². The quantitative estimate of drug-likeness (QED) is 0.591. The van der Waals surface area contributed by atoms with Gasteiger partial charge in [0.1, 0.15) is 0 Å². The minimum absolute atomic E-state index is 0.0147. The Morgan fingerprint density at radius 2 is 1.75 bits per heavy atom. The largest absolute Gasteiger partial charge is 0.373 e. The molecule has 1 rings (SSSR count). The van der Waals surface area contributed by atoms with E-state index in [2.05, 4.69) is 20.8 Å². The molecule has 3 heteroatoms. The summed E-state index contributed by atoms with van der Waals surface area (Å²) < 4.78 is 7.68. The van der Waals surface area contributed by atoms with Crippen LogP contribution in [0.1, 0.15) is 33.6 Å². The summed E-state index contributed by atoms with van der Waals surface area (Å²) in [6.45, 7) is 8.19. The predicted molar refractivity (Wildman–Crippen MR) is 51.3 cm³/mol. The van der Waals surface area contributed by atoms with Gasteiger partial charge in [0.2, 0.25) is 0 Å². The Kier molecular flexibility index (Phi) is 3.38. The van der Waals surface area contributed by atoms with E-state index in [0.717, 1.165) is 25.9 Å². The van der Waals surface area contributed by atoms with Crippen LogP contribution in [0.5, 0.6) is 0 Å². The average molecular weight is 192 g/mol. The van der Waals surface area contributed by atoms with Crippen LogP contribution in [0.15, 0.2) is 0 Å². The molecule has 0 N–H and O–H groups in total. The van der Waals surface area contributed by atoms with Crippen LogP contribution in [0.3, 0.4) is 0 Å². The first-order valence-corrected chi connectivity index (χ1v) is 4.90. The molecule has 1 heterocycles. The van der Waals surface area contributed by atoms with E-state index in [4.69, 9.17) is 16.5 Å². The lowest BCUT2D eigenvalue weighted by Gasteiger charge is -2.32. The number of ether oxygens (including phenoxy) is 1. The third-order valence-corrected chi connectivity index (χ3v) is 2.25. The van der Waals surface area contributed by atoms with Crippen molar-refractivity contribution in [1.82, 2.24) is 4.42 Å². The fourth-order valence-corrected chi connectivity index (χ4v) is 1.64. The van der Waals surface area contributed by atoms with Crippen molar-refractivity contribution in [2.75, 3.05) is 13.1 Å². The highest BCUT2D eigenvalue weighted by atomic mass is 35.5. The molecule has 0 aliphatic carbocycles. The molecule has 1 aliphatic rings. The highest BCUT2D eigenvalue weighted by molar-refractivity contribution is 6.13. The maximum Gasteiger partial charge on any atom is 0.0607 e. The lowest BCUT2D eigenvalue weighted by Crippen LogP contribution is -2.36. The SMILES string of the molecule is CC(C)(C)OC1CCN(Cl)CC1. The lowest BCUT2D eigenvalue weighted by atomic mass is 10.1. The van der Waals surface area contributed by atoms with Crippen LogP contribution in [0, 0.1) is 0 Å². The first-order chi connectivity index (χ1) is 5.47. The smallest absolute Gasteiger partial charge is 0.0607 e. The van der Waals surface area contributed by atoms with Gasteiger partial charge in [-0.1, -0.05) is 0 Å². The van der Waals surface area contributed by atoms with Crippen LogP contribution in [0.2, 0.25) is 0 Å². The fraction of sp³-hybridized carbons (Fsp3) is 1.00. The molecule has 1 fully saturated rings. The second-order valence-electron chi connectivity index (χ2n) is 4.34. The molecule has 0 aromatic heterocycles. The van der Waals surface area contributed by atoms with Crippen molar-refractivity contribution in [3.8, 4) is 0 Å². The Bertz CT molecular complexity index is 136. The molecule has 2 nitrogen and oxygen atoms in total. The van der Waals surface area contributed by atoms with E-state index in [0.29, 0.717) is 6.10 Å². The minimum Gasteiger partial charge on any atom is -0.373 e. The Balaban J connectivity index is 2.26. The summed E-state index contributed by atoms with van der Waals surface area (Å²) >= 11 is 5.83. The molecule has 0 bridgehead atoms. The predicted octanol–water partition coefficient (Wildman–Crippen LogP) is 2.42. The van der Waals surface area contributed by atoms with E-state index < -0.39 is 0 Å². The molecule has 12 heavy (non-hydrogen) atoms. The summed E-state index contributed by atoms with van der Waals surface area (Å²) in [6.07, 6.45) is 2.52. The number of hydrogen-bond donors (Lipinski definition) is 0. The molecule has 0 unspecified atom stereocenters. The lowest BCUT2D eigenvalue weighted by molar-refractivity contribution is -0.0761. The van der Waals surface area contributed by atoms with Gasteiger partial charge < -0.3 is 4.74 Å². The first kappa shape index (κ1) is 10.3. The Morgan fingerprint density at radius 1 is 1.25 bits per heavy atom. The maximum absolute atomic E-state index is 5.84. The summed E-state index contributed by atoms with van der Waals surface area (Å²) in [7, 11) is 0. The van der Waals surface area contributed by atoms with Crippen LogP contribution >= 0.6 is 11.8 Å². The van der Waals surface area contributed by atoms with Crippen molar-refractivity contribution in [2.45, 2.75) is 45.3 Å². The standard InChI is InChI=1S/C9H18ClNO/c1-9(2,3)12-8-4-6-11(10)7-5-8/h8H,4-7H2,1-3H3. The molecule has 0 saturated carbocycles. The van der Waals surface area contributed by atoms with Crippen LogP contribution in [0.4, 0.5) is 0 Å². The minimum atomic E-state index is -0.0147. The molecular formula is C9H18ClNO. The molecular weight excluding hydrogens is 174 g/mol. The van der Waals surface area contributed by atoms with Crippen LogP contribution in [-0.2, 0) is 4.74 Å². The van der Waals surface area contributed by atoms with E-state index in [1.165, 1.54) is 0 Å². The Labute approximate surface area is 79.9 Å². The van der Waals surface area contributed by atoms with E-state index in [9.17, 15) is 0 Å². The molecule has 0 amide bonds. The van der Waals surface area contributed by atoms with Gasteiger partial charge in [-0.2, -0.15) is 0 Å². The normalized spacial score (nSPS) is 23.0. The summed E-state index contributed by atoms with van der Waals surface area (Å²) in [5, 5.41) is 0. The zero-order valence-electron chi connectivity index (χ0n) is 8.14. The molecule has 0 aromatic carbocycles. The number of piperidine rings is 1. The number of halogens is 1. The fourth-order valence-electron chi connectivity index (χ4n) is 1.44. The van der Waals surface area contributed by atoms with Crippen molar-refractivity contribution >= 4 is 11.8 Å². The van der Waals surface area contributed by atoms with E-state index in [-0.39, 0.29) is 5.60 Å². The van der Waals surface area contributed by atoms with E-state index in [1.807, 2.05) is 4.42 Å². The van der Waals surface area contributed by atoms with Gasteiger partial charge >= 0.3 is 0 Å². The molecule has 0 atom stereocenters. The van der Waals surface area contributed by atoms with Crippen LogP contribution in [-0.4, -0.2) is 29.2 Å². The number of nitrogens with zero attached hydrogens (tertiary/aromatic N) is 1. The first-order valence-electron chi connectivity index (χ1n) is 4.56. The summed E-state index contributed by atoms with van der Waals surface area (Å²) in [5.74, 6) is 0. The number of rotatable bonds is 1. The average Bonchev–Trinajstić information content (AvgIpc) is 1.91. The van der Waals surface area contributed by atoms with Gasteiger partial charge in [-0.05, 0) is 45.4 Å². The second kappa shape index (κ2) is 3.95. The summed E-state index contributed by atoms with van der Waals surface area (Å²) in [4.78, 5) is 0.